The molecule has 0 aliphatic heterocycles. The van der Waals surface area contributed by atoms with Crippen LogP contribution in [-0.4, -0.2) is 9.78 Å². The van der Waals surface area contributed by atoms with Crippen molar-refractivity contribution in [1.82, 2.24) is 9.78 Å². The van der Waals surface area contributed by atoms with E-state index in [1.807, 2.05) is 6.92 Å². The maximum absolute atomic E-state index is 12.3. The van der Waals surface area contributed by atoms with Gasteiger partial charge in [0.15, 0.2) is 5.69 Å². The SMILES string of the molecule is Cc1[c]ccc(-n2ccc(C(F)(F)F)n2)c1. The summed E-state index contributed by atoms with van der Waals surface area (Å²) in [5.41, 5.74) is 0.547. The molecular formula is C11H8F3N2. The Kier molecular flexibility index (Phi) is 2.46. The summed E-state index contributed by atoms with van der Waals surface area (Å²) in [5, 5.41) is 3.47. The quantitative estimate of drug-likeness (QED) is 0.729. The van der Waals surface area contributed by atoms with Gasteiger partial charge < -0.3 is 0 Å². The lowest BCUT2D eigenvalue weighted by molar-refractivity contribution is -0.141. The minimum absolute atomic E-state index is 0.590. The molecule has 83 valence electrons. The monoisotopic (exact) mass is 225 g/mol. The maximum atomic E-state index is 12.3. The molecule has 2 nitrogen and oxygen atoms in total. The zero-order chi connectivity index (χ0) is 11.8. The molecule has 1 heterocycles. The second-order valence-electron chi connectivity index (χ2n) is 3.37. The van der Waals surface area contributed by atoms with Crippen molar-refractivity contribution in [3.8, 4) is 5.69 Å². The van der Waals surface area contributed by atoms with Crippen LogP contribution in [0.2, 0.25) is 0 Å². The second kappa shape index (κ2) is 3.66. The first-order chi connectivity index (χ1) is 7.47. The van der Waals surface area contributed by atoms with Gasteiger partial charge in [0.05, 0.1) is 5.69 Å². The van der Waals surface area contributed by atoms with E-state index in [-0.39, 0.29) is 0 Å². The van der Waals surface area contributed by atoms with Crippen LogP contribution in [-0.2, 0) is 6.18 Å². The van der Waals surface area contributed by atoms with Crippen molar-refractivity contribution in [3.63, 3.8) is 0 Å². The molecule has 0 aliphatic rings. The maximum Gasteiger partial charge on any atom is 0.435 e. The van der Waals surface area contributed by atoms with E-state index in [2.05, 4.69) is 11.2 Å². The number of aromatic nitrogens is 2. The van der Waals surface area contributed by atoms with Crippen LogP contribution >= 0.6 is 0 Å². The standard InChI is InChI=1S/C11H8F3N2/c1-8-3-2-4-9(7-8)16-6-5-10(15-16)11(12,13)14/h2,4-7H,1H3. The van der Waals surface area contributed by atoms with Gasteiger partial charge in [-0.1, -0.05) is 6.07 Å². The zero-order valence-corrected chi connectivity index (χ0v) is 8.42. The Labute approximate surface area is 90.3 Å². The van der Waals surface area contributed by atoms with Gasteiger partial charge in [-0.25, -0.2) is 4.68 Å². The van der Waals surface area contributed by atoms with Crippen molar-refractivity contribution < 1.29 is 13.2 Å². The largest absolute Gasteiger partial charge is 0.435 e. The lowest BCUT2D eigenvalue weighted by atomic mass is 10.2. The van der Waals surface area contributed by atoms with E-state index in [1.165, 1.54) is 10.9 Å². The predicted octanol–water partition coefficient (Wildman–Crippen LogP) is 3.00. The fourth-order valence-electron chi connectivity index (χ4n) is 1.33. The van der Waals surface area contributed by atoms with Gasteiger partial charge in [-0.2, -0.15) is 18.3 Å². The summed E-state index contributed by atoms with van der Waals surface area (Å²) in [4.78, 5) is 0. The number of rotatable bonds is 1. The number of halogens is 3. The third kappa shape index (κ3) is 2.08. The van der Waals surface area contributed by atoms with Gasteiger partial charge in [-0.3, -0.25) is 0 Å². The molecule has 5 heteroatoms. The Balaban J connectivity index is 2.39. The van der Waals surface area contributed by atoms with Crippen molar-refractivity contribution in [2.45, 2.75) is 13.1 Å². The Morgan fingerprint density at radius 3 is 2.62 bits per heavy atom. The summed E-state index contributed by atoms with van der Waals surface area (Å²) in [6.45, 7) is 1.82. The molecule has 1 aromatic heterocycles. The summed E-state index contributed by atoms with van der Waals surface area (Å²) in [7, 11) is 0. The van der Waals surface area contributed by atoms with Gasteiger partial charge in [0.1, 0.15) is 0 Å². The molecule has 0 fully saturated rings. The van der Waals surface area contributed by atoms with Crippen molar-refractivity contribution in [2.75, 3.05) is 0 Å². The molecule has 2 rings (SSSR count). The highest BCUT2D eigenvalue weighted by atomic mass is 19.4. The molecule has 0 atom stereocenters. The molecule has 0 saturated carbocycles. The first-order valence-corrected chi connectivity index (χ1v) is 4.58. The molecule has 0 aliphatic carbocycles. The number of alkyl halides is 3. The van der Waals surface area contributed by atoms with Crippen molar-refractivity contribution >= 4 is 0 Å². The van der Waals surface area contributed by atoms with E-state index >= 15 is 0 Å². The predicted molar refractivity (Wildman–Crippen MR) is 52.1 cm³/mol. The third-order valence-electron chi connectivity index (χ3n) is 2.07. The molecule has 0 bridgehead atoms. The lowest BCUT2D eigenvalue weighted by Crippen LogP contribution is -2.07. The van der Waals surface area contributed by atoms with Gasteiger partial charge in [0.2, 0.25) is 0 Å². The van der Waals surface area contributed by atoms with Crippen LogP contribution < -0.4 is 0 Å². The average Bonchev–Trinajstić information content (AvgIpc) is 2.65. The van der Waals surface area contributed by atoms with Crippen LogP contribution in [0.3, 0.4) is 0 Å². The molecule has 0 N–H and O–H groups in total. The highest BCUT2D eigenvalue weighted by Gasteiger charge is 2.33. The summed E-state index contributed by atoms with van der Waals surface area (Å²) >= 11 is 0. The number of hydrogen-bond donors (Lipinski definition) is 0. The lowest BCUT2D eigenvalue weighted by Gasteiger charge is -2.03. The fourth-order valence-corrected chi connectivity index (χ4v) is 1.33. The van der Waals surface area contributed by atoms with Gasteiger partial charge in [-0.15, -0.1) is 0 Å². The van der Waals surface area contributed by atoms with Gasteiger partial charge >= 0.3 is 6.18 Å². The first-order valence-electron chi connectivity index (χ1n) is 4.58. The second-order valence-corrected chi connectivity index (χ2v) is 3.37. The van der Waals surface area contributed by atoms with E-state index in [1.54, 1.807) is 18.2 Å². The Morgan fingerprint density at radius 2 is 2.06 bits per heavy atom. The first kappa shape index (κ1) is 10.7. The van der Waals surface area contributed by atoms with Crippen LogP contribution in [0.15, 0.2) is 30.5 Å². The van der Waals surface area contributed by atoms with E-state index in [4.69, 9.17) is 0 Å². The summed E-state index contributed by atoms with van der Waals surface area (Å²) in [5.74, 6) is 0. The van der Waals surface area contributed by atoms with Crippen LogP contribution in [0.1, 0.15) is 11.3 Å². The van der Waals surface area contributed by atoms with Gasteiger partial charge in [0.25, 0.3) is 0 Å². The molecule has 0 amide bonds. The number of hydrogen-bond acceptors (Lipinski definition) is 1. The average molecular weight is 225 g/mol. The number of aryl methyl sites for hydroxylation is 1. The molecule has 1 radical (unpaired) electrons. The van der Waals surface area contributed by atoms with Gasteiger partial charge in [0, 0.05) is 6.20 Å². The normalized spacial score (nSPS) is 11.8. The molecule has 0 unspecified atom stereocenters. The molecule has 1 aromatic carbocycles. The van der Waals surface area contributed by atoms with Crippen molar-refractivity contribution in [1.29, 1.82) is 0 Å². The molecule has 16 heavy (non-hydrogen) atoms. The van der Waals surface area contributed by atoms with E-state index in [9.17, 15) is 13.2 Å². The smallest absolute Gasteiger partial charge is 0.240 e. The van der Waals surface area contributed by atoms with Crippen LogP contribution in [0, 0.1) is 13.0 Å². The van der Waals surface area contributed by atoms with E-state index in [0.29, 0.717) is 5.69 Å². The minimum atomic E-state index is -4.40. The van der Waals surface area contributed by atoms with Crippen LogP contribution in [0.4, 0.5) is 13.2 Å². The molecule has 2 aromatic rings. The Bertz CT molecular complexity index is 500. The summed E-state index contributed by atoms with van der Waals surface area (Å²) in [6.07, 6.45) is -3.11. The Morgan fingerprint density at radius 1 is 1.31 bits per heavy atom. The molecule has 0 saturated heterocycles. The van der Waals surface area contributed by atoms with Gasteiger partial charge in [-0.05, 0) is 36.8 Å². The van der Waals surface area contributed by atoms with Crippen LogP contribution in [0.25, 0.3) is 5.69 Å². The molecule has 0 spiro atoms. The topological polar surface area (TPSA) is 17.8 Å². The fraction of sp³-hybridized carbons (Fsp3) is 0.182. The van der Waals surface area contributed by atoms with Crippen molar-refractivity contribution in [2.24, 2.45) is 0 Å². The summed E-state index contributed by atoms with van der Waals surface area (Å²) < 4.78 is 38.1. The third-order valence-corrected chi connectivity index (χ3v) is 2.07. The minimum Gasteiger partial charge on any atom is -0.240 e. The molecular weight excluding hydrogens is 217 g/mol. The Hall–Kier alpha value is -1.78. The van der Waals surface area contributed by atoms with E-state index < -0.39 is 11.9 Å². The number of benzene rings is 1. The highest BCUT2D eigenvalue weighted by Crippen LogP contribution is 2.27. The summed E-state index contributed by atoms with van der Waals surface area (Å²) in [6, 6.07) is 8.89. The highest BCUT2D eigenvalue weighted by molar-refractivity contribution is 5.34. The zero-order valence-electron chi connectivity index (χ0n) is 8.42. The van der Waals surface area contributed by atoms with Crippen LogP contribution in [0.5, 0.6) is 0 Å². The van der Waals surface area contributed by atoms with Crippen molar-refractivity contribution in [3.05, 3.63) is 47.8 Å². The van der Waals surface area contributed by atoms with E-state index in [0.717, 1.165) is 11.6 Å². The number of nitrogens with zero attached hydrogens (tertiary/aromatic N) is 2.